The minimum atomic E-state index is -0.673. The van der Waals surface area contributed by atoms with Gasteiger partial charge in [-0.3, -0.25) is 4.21 Å². The van der Waals surface area contributed by atoms with Crippen LogP contribution in [0.4, 0.5) is 0 Å². The molecule has 3 heteroatoms. The molecule has 1 rings (SSSR count). The van der Waals surface area contributed by atoms with Crippen molar-refractivity contribution in [2.45, 2.75) is 65.0 Å². The van der Waals surface area contributed by atoms with Gasteiger partial charge in [0.2, 0.25) is 0 Å². The topological polar surface area (TPSA) is 29.1 Å². The second-order valence-electron chi connectivity index (χ2n) is 7.39. The molecule has 0 aromatic rings. The number of nitrogens with one attached hydrogen (secondary N) is 1. The molecule has 0 aromatic carbocycles. The highest BCUT2D eigenvalue weighted by atomic mass is 32.2. The summed E-state index contributed by atoms with van der Waals surface area (Å²) in [6.45, 7) is 11.4. The second-order valence-corrected chi connectivity index (χ2v) is 9.19. The Morgan fingerprint density at radius 2 is 1.79 bits per heavy atom. The first-order valence-electron chi connectivity index (χ1n) is 7.83. The largest absolute Gasteiger partial charge is 0.316 e. The first-order chi connectivity index (χ1) is 8.80. The van der Waals surface area contributed by atoms with Crippen LogP contribution in [-0.4, -0.2) is 28.8 Å². The van der Waals surface area contributed by atoms with Crippen LogP contribution >= 0.6 is 0 Å². The molecule has 1 fully saturated rings. The Morgan fingerprint density at radius 3 is 2.26 bits per heavy atom. The Balaban J connectivity index is 2.12. The molecule has 0 aliphatic heterocycles. The van der Waals surface area contributed by atoms with Crippen molar-refractivity contribution in [1.29, 1.82) is 0 Å². The third kappa shape index (κ3) is 6.40. The Labute approximate surface area is 122 Å². The lowest BCUT2D eigenvalue weighted by atomic mass is 9.70. The molecule has 2 unspecified atom stereocenters. The van der Waals surface area contributed by atoms with Crippen molar-refractivity contribution in [2.24, 2.45) is 17.3 Å². The van der Waals surface area contributed by atoms with Gasteiger partial charge < -0.3 is 5.32 Å². The zero-order valence-corrected chi connectivity index (χ0v) is 14.3. The highest BCUT2D eigenvalue weighted by Crippen LogP contribution is 2.39. The van der Waals surface area contributed by atoms with E-state index in [0.717, 1.165) is 31.3 Å². The molecule has 1 N–H and O–H groups in total. The van der Waals surface area contributed by atoms with Gasteiger partial charge in [0.1, 0.15) is 0 Å². The Kier molecular flexibility index (Phi) is 7.02. The van der Waals surface area contributed by atoms with Crippen LogP contribution in [0.25, 0.3) is 0 Å². The molecule has 0 heterocycles. The molecule has 19 heavy (non-hydrogen) atoms. The average molecular weight is 288 g/mol. The fourth-order valence-electron chi connectivity index (χ4n) is 3.01. The van der Waals surface area contributed by atoms with E-state index >= 15 is 0 Å². The van der Waals surface area contributed by atoms with Crippen molar-refractivity contribution in [3.05, 3.63) is 0 Å². The van der Waals surface area contributed by atoms with E-state index in [0.29, 0.717) is 10.7 Å². The fraction of sp³-hybridized carbons (Fsp3) is 1.00. The van der Waals surface area contributed by atoms with Gasteiger partial charge in [-0.25, -0.2) is 0 Å². The minimum Gasteiger partial charge on any atom is -0.316 e. The van der Waals surface area contributed by atoms with Crippen molar-refractivity contribution in [2.75, 3.05) is 19.3 Å². The summed E-state index contributed by atoms with van der Waals surface area (Å²) in [5.41, 5.74) is 0.485. The normalized spacial score (nSPS) is 28.1. The van der Waals surface area contributed by atoms with Crippen LogP contribution in [-0.2, 0) is 10.8 Å². The van der Waals surface area contributed by atoms with E-state index < -0.39 is 10.8 Å². The van der Waals surface area contributed by atoms with E-state index in [1.807, 2.05) is 0 Å². The summed E-state index contributed by atoms with van der Waals surface area (Å²) in [4.78, 5) is 0. The van der Waals surface area contributed by atoms with E-state index in [1.165, 1.54) is 25.7 Å². The van der Waals surface area contributed by atoms with Gasteiger partial charge >= 0.3 is 0 Å². The summed E-state index contributed by atoms with van der Waals surface area (Å²) in [6, 6.07) is 0. The number of rotatable bonds is 6. The Hall–Kier alpha value is 0.110. The van der Waals surface area contributed by atoms with Crippen LogP contribution in [0.15, 0.2) is 0 Å². The first-order valence-corrected chi connectivity index (χ1v) is 9.45. The fourth-order valence-corrected chi connectivity index (χ4v) is 3.46. The van der Waals surface area contributed by atoms with Crippen LogP contribution in [0.5, 0.6) is 0 Å². The SMILES string of the molecule is CC(CCNCC1CCC(C(C)(C)C)CC1)S(C)=O. The third-order valence-corrected chi connectivity index (χ3v) is 6.17. The highest BCUT2D eigenvalue weighted by molar-refractivity contribution is 7.84. The maximum absolute atomic E-state index is 11.3. The molecule has 0 saturated heterocycles. The van der Waals surface area contributed by atoms with Crippen molar-refractivity contribution >= 4 is 10.8 Å². The molecule has 114 valence electrons. The monoisotopic (exact) mass is 287 g/mol. The number of hydrogen-bond acceptors (Lipinski definition) is 2. The molecule has 1 aliphatic carbocycles. The van der Waals surface area contributed by atoms with Crippen LogP contribution in [0, 0.1) is 17.3 Å². The van der Waals surface area contributed by atoms with Gasteiger partial charge in [0.25, 0.3) is 0 Å². The quantitative estimate of drug-likeness (QED) is 0.757. The van der Waals surface area contributed by atoms with Crippen molar-refractivity contribution in [3.63, 3.8) is 0 Å². The summed E-state index contributed by atoms with van der Waals surface area (Å²) in [5.74, 6) is 1.77. The van der Waals surface area contributed by atoms with Gasteiger partial charge in [-0.15, -0.1) is 0 Å². The van der Waals surface area contributed by atoms with E-state index in [4.69, 9.17) is 0 Å². The van der Waals surface area contributed by atoms with Crippen LogP contribution in [0.3, 0.4) is 0 Å². The van der Waals surface area contributed by atoms with Crippen LogP contribution < -0.4 is 5.32 Å². The zero-order chi connectivity index (χ0) is 14.5. The van der Waals surface area contributed by atoms with E-state index in [1.54, 1.807) is 6.26 Å². The first kappa shape index (κ1) is 17.2. The summed E-state index contributed by atoms with van der Waals surface area (Å²) >= 11 is 0. The summed E-state index contributed by atoms with van der Waals surface area (Å²) < 4.78 is 11.3. The van der Waals surface area contributed by atoms with Gasteiger partial charge in [-0.05, 0) is 62.4 Å². The smallest absolute Gasteiger partial charge is 0.0329 e. The lowest BCUT2D eigenvalue weighted by Gasteiger charge is -2.37. The van der Waals surface area contributed by atoms with Crippen molar-refractivity contribution in [1.82, 2.24) is 5.32 Å². The van der Waals surface area contributed by atoms with Gasteiger partial charge in [0.05, 0.1) is 0 Å². The minimum absolute atomic E-state index is 0.323. The highest BCUT2D eigenvalue weighted by Gasteiger charge is 2.29. The van der Waals surface area contributed by atoms with E-state index in [-0.39, 0.29) is 0 Å². The van der Waals surface area contributed by atoms with Gasteiger partial charge in [0, 0.05) is 22.3 Å². The molecule has 1 saturated carbocycles. The molecule has 0 amide bonds. The van der Waals surface area contributed by atoms with Gasteiger partial charge in [0.15, 0.2) is 0 Å². The molecular formula is C16H33NOS. The van der Waals surface area contributed by atoms with Gasteiger partial charge in [-0.1, -0.05) is 27.7 Å². The van der Waals surface area contributed by atoms with E-state index in [9.17, 15) is 4.21 Å². The van der Waals surface area contributed by atoms with Crippen molar-refractivity contribution in [3.8, 4) is 0 Å². The number of hydrogen-bond donors (Lipinski definition) is 1. The lowest BCUT2D eigenvalue weighted by Crippen LogP contribution is -2.31. The van der Waals surface area contributed by atoms with E-state index in [2.05, 4.69) is 33.0 Å². The molecule has 2 atom stereocenters. The Morgan fingerprint density at radius 1 is 1.21 bits per heavy atom. The molecule has 1 aliphatic rings. The zero-order valence-electron chi connectivity index (χ0n) is 13.5. The maximum atomic E-state index is 11.3. The maximum Gasteiger partial charge on any atom is 0.0329 e. The predicted octanol–water partition coefficient (Wildman–Crippen LogP) is 3.59. The summed E-state index contributed by atoms with van der Waals surface area (Å²) in [7, 11) is -0.673. The van der Waals surface area contributed by atoms with Gasteiger partial charge in [-0.2, -0.15) is 0 Å². The molecule has 0 bridgehead atoms. The average Bonchev–Trinajstić information content (AvgIpc) is 2.33. The molecule has 2 nitrogen and oxygen atoms in total. The van der Waals surface area contributed by atoms with Crippen LogP contribution in [0.1, 0.15) is 59.8 Å². The Bertz CT molecular complexity index is 277. The standard InChI is InChI=1S/C16H33NOS/c1-13(19(5)18)10-11-17-12-14-6-8-15(9-7-14)16(2,3)4/h13-15,17H,6-12H2,1-5H3. The molecule has 0 radical (unpaired) electrons. The third-order valence-electron chi connectivity index (χ3n) is 4.80. The molecular weight excluding hydrogens is 254 g/mol. The predicted molar refractivity (Wildman–Crippen MR) is 85.9 cm³/mol. The summed E-state index contributed by atoms with van der Waals surface area (Å²) in [5, 5.41) is 3.88. The summed E-state index contributed by atoms with van der Waals surface area (Å²) in [6.07, 6.45) is 8.38. The lowest BCUT2D eigenvalue weighted by molar-refractivity contribution is 0.149. The molecule has 0 spiro atoms. The van der Waals surface area contributed by atoms with Crippen LogP contribution in [0.2, 0.25) is 0 Å². The molecule has 0 aromatic heterocycles. The van der Waals surface area contributed by atoms with Crippen molar-refractivity contribution < 1.29 is 4.21 Å². The second kappa shape index (κ2) is 7.78.